The van der Waals surface area contributed by atoms with Gasteiger partial charge in [-0.25, -0.2) is 0 Å². The molecule has 0 amide bonds. The van der Waals surface area contributed by atoms with Gasteiger partial charge in [0.2, 0.25) is 0 Å². The second kappa shape index (κ2) is 7.73. The highest BCUT2D eigenvalue weighted by molar-refractivity contribution is 6.42. The quantitative estimate of drug-likeness (QED) is 0.693. The molecule has 1 fully saturated rings. The number of benzene rings is 2. The van der Waals surface area contributed by atoms with E-state index in [1.807, 2.05) is 0 Å². The molecule has 5 nitrogen and oxygen atoms in total. The van der Waals surface area contributed by atoms with Crippen LogP contribution in [0.15, 0.2) is 36.4 Å². The molecule has 2 aromatic rings. The first kappa shape index (κ1) is 19.8. The molecule has 7 heteroatoms. The van der Waals surface area contributed by atoms with Crippen molar-refractivity contribution in [1.29, 1.82) is 0 Å². The molecule has 0 saturated carbocycles. The van der Waals surface area contributed by atoms with Crippen LogP contribution in [0.2, 0.25) is 10.0 Å². The van der Waals surface area contributed by atoms with Gasteiger partial charge in [-0.2, -0.15) is 0 Å². The lowest BCUT2D eigenvalue weighted by Crippen LogP contribution is -2.51. The second-order valence-corrected chi connectivity index (χ2v) is 8.53. The summed E-state index contributed by atoms with van der Waals surface area (Å²) in [5, 5.41) is 31.6. The Morgan fingerprint density at radius 3 is 2.57 bits per heavy atom. The van der Waals surface area contributed by atoms with Crippen LogP contribution in [0.25, 0.3) is 0 Å². The fraction of sp³-hybridized carbons (Fsp3) is 0.429. The Balaban J connectivity index is 1.39. The van der Waals surface area contributed by atoms with E-state index in [1.54, 1.807) is 36.4 Å². The largest absolute Gasteiger partial charge is 0.508 e. The highest BCUT2D eigenvalue weighted by Gasteiger charge is 2.43. The van der Waals surface area contributed by atoms with Gasteiger partial charge in [0.15, 0.2) is 0 Å². The first-order valence-electron chi connectivity index (χ1n) is 9.41. The number of β-amino-alcohol motifs (C(OH)–C–C–N with tert-alkyl or cyclic N) is 1. The molecule has 2 aliphatic rings. The van der Waals surface area contributed by atoms with Crippen LogP contribution in [0.1, 0.15) is 42.6 Å². The Labute approximate surface area is 174 Å². The van der Waals surface area contributed by atoms with Gasteiger partial charge in [-0.1, -0.05) is 29.3 Å². The second-order valence-electron chi connectivity index (χ2n) is 7.72. The molecule has 2 aromatic carbocycles. The van der Waals surface area contributed by atoms with Crippen LogP contribution in [0.5, 0.6) is 11.5 Å². The lowest BCUT2D eigenvalue weighted by Gasteiger charge is -2.46. The summed E-state index contributed by atoms with van der Waals surface area (Å²) in [7, 11) is 0. The van der Waals surface area contributed by atoms with Crippen molar-refractivity contribution in [1.82, 2.24) is 4.90 Å². The highest BCUT2D eigenvalue weighted by Crippen LogP contribution is 2.45. The minimum Gasteiger partial charge on any atom is -0.508 e. The molecule has 1 spiro atoms. The molecule has 0 unspecified atom stereocenters. The van der Waals surface area contributed by atoms with Gasteiger partial charge < -0.3 is 25.0 Å². The van der Waals surface area contributed by atoms with Crippen LogP contribution in [0, 0.1) is 0 Å². The third-order valence-corrected chi connectivity index (χ3v) is 6.51. The average Bonchev–Trinajstić information content (AvgIpc) is 2.67. The summed E-state index contributed by atoms with van der Waals surface area (Å²) < 4.78 is 6.26. The third-order valence-electron chi connectivity index (χ3n) is 5.77. The van der Waals surface area contributed by atoms with Gasteiger partial charge >= 0.3 is 0 Å². The molecule has 2 atom stereocenters. The van der Waals surface area contributed by atoms with E-state index in [0.29, 0.717) is 34.3 Å². The molecule has 28 heavy (non-hydrogen) atoms. The van der Waals surface area contributed by atoms with Crippen molar-refractivity contribution in [3.05, 3.63) is 57.6 Å². The van der Waals surface area contributed by atoms with Gasteiger partial charge in [0, 0.05) is 31.6 Å². The molecular formula is C21H23Cl2NO4. The van der Waals surface area contributed by atoms with Gasteiger partial charge in [0.05, 0.1) is 22.3 Å². The normalized spacial score (nSPS) is 22.5. The van der Waals surface area contributed by atoms with Crippen molar-refractivity contribution in [2.45, 2.75) is 37.1 Å². The number of aromatic hydroxyl groups is 1. The number of halogens is 2. The number of ether oxygens (including phenoxy) is 1. The number of rotatable bonds is 3. The minimum absolute atomic E-state index is 0.128. The van der Waals surface area contributed by atoms with E-state index in [4.69, 9.17) is 27.9 Å². The van der Waals surface area contributed by atoms with Crippen molar-refractivity contribution < 1.29 is 20.1 Å². The number of piperidine rings is 1. The number of hydrogen-bond donors (Lipinski definition) is 3. The van der Waals surface area contributed by atoms with Gasteiger partial charge in [-0.3, -0.25) is 0 Å². The molecule has 150 valence electrons. The monoisotopic (exact) mass is 423 g/mol. The number of nitrogens with zero attached hydrogens (tertiary/aromatic N) is 1. The fourth-order valence-corrected chi connectivity index (χ4v) is 4.45. The molecule has 4 rings (SSSR count). The topological polar surface area (TPSA) is 73.2 Å². The number of phenolic OH excluding ortho intramolecular Hbond substituents is 1. The molecule has 2 heterocycles. The summed E-state index contributed by atoms with van der Waals surface area (Å²) in [6, 6.07) is 10.0. The summed E-state index contributed by atoms with van der Waals surface area (Å²) in [6.07, 6.45) is 0.735. The molecule has 2 aliphatic heterocycles. The Hall–Kier alpha value is -1.50. The van der Waals surface area contributed by atoms with Crippen LogP contribution in [-0.2, 0) is 0 Å². The van der Waals surface area contributed by atoms with E-state index >= 15 is 0 Å². The van der Waals surface area contributed by atoms with Crippen molar-refractivity contribution in [2.24, 2.45) is 0 Å². The smallest absolute Gasteiger partial charge is 0.126 e. The highest BCUT2D eigenvalue weighted by atomic mass is 35.5. The number of fused-ring (bicyclic) bond motifs is 1. The van der Waals surface area contributed by atoms with E-state index in [2.05, 4.69) is 4.90 Å². The Morgan fingerprint density at radius 1 is 1.11 bits per heavy atom. The van der Waals surface area contributed by atoms with Gasteiger partial charge in [0.1, 0.15) is 17.1 Å². The first-order chi connectivity index (χ1) is 13.3. The lowest BCUT2D eigenvalue weighted by molar-refractivity contribution is -0.0588. The molecular weight excluding hydrogens is 401 g/mol. The predicted octanol–water partition coefficient (Wildman–Crippen LogP) is 4.08. The maximum atomic E-state index is 10.5. The summed E-state index contributed by atoms with van der Waals surface area (Å²) in [5.41, 5.74) is 0.977. The summed E-state index contributed by atoms with van der Waals surface area (Å²) in [4.78, 5) is 2.19. The molecule has 3 N–H and O–H groups in total. The van der Waals surface area contributed by atoms with Crippen LogP contribution in [-0.4, -0.2) is 45.5 Å². The van der Waals surface area contributed by atoms with Gasteiger partial charge in [-0.15, -0.1) is 0 Å². The number of phenols is 1. The maximum absolute atomic E-state index is 10.5. The van der Waals surface area contributed by atoms with E-state index < -0.39 is 17.8 Å². The standard InChI is InChI=1S/C21H23Cl2NO4/c22-16-3-1-13(9-17(16)23)19(27)12-24-7-5-21(6-8-24)11-18(26)15-10-14(25)2-4-20(15)28-21/h1-4,9-10,18-19,25-27H,5-8,11-12H2/t18-,19-/m0/s1. The molecule has 0 bridgehead atoms. The number of aliphatic hydroxyl groups excluding tert-OH is 2. The van der Waals surface area contributed by atoms with Crippen LogP contribution < -0.4 is 4.74 Å². The van der Waals surface area contributed by atoms with E-state index in [1.165, 1.54) is 0 Å². The first-order valence-corrected chi connectivity index (χ1v) is 10.2. The number of likely N-dealkylation sites (tertiary alicyclic amines) is 1. The zero-order valence-corrected chi connectivity index (χ0v) is 16.8. The SMILES string of the molecule is Oc1ccc2c(c1)[C@@H](O)CC1(CCN(C[C@H](O)c3ccc(Cl)c(Cl)c3)CC1)O2. The summed E-state index contributed by atoms with van der Waals surface area (Å²) in [6.45, 7) is 2.03. The number of hydrogen-bond acceptors (Lipinski definition) is 5. The predicted molar refractivity (Wildman–Crippen MR) is 108 cm³/mol. The lowest BCUT2D eigenvalue weighted by atomic mass is 9.81. The molecule has 0 radical (unpaired) electrons. The van der Waals surface area contributed by atoms with Crippen molar-refractivity contribution in [3.63, 3.8) is 0 Å². The van der Waals surface area contributed by atoms with Crippen molar-refractivity contribution in [3.8, 4) is 11.5 Å². The van der Waals surface area contributed by atoms with Crippen molar-refractivity contribution >= 4 is 23.2 Å². The third kappa shape index (κ3) is 3.95. The Morgan fingerprint density at radius 2 is 1.86 bits per heavy atom. The average molecular weight is 424 g/mol. The zero-order chi connectivity index (χ0) is 19.9. The van der Waals surface area contributed by atoms with E-state index in [-0.39, 0.29) is 5.75 Å². The molecule has 0 aliphatic carbocycles. The Bertz CT molecular complexity index is 867. The molecule has 0 aromatic heterocycles. The van der Waals surface area contributed by atoms with Crippen molar-refractivity contribution in [2.75, 3.05) is 19.6 Å². The van der Waals surface area contributed by atoms with E-state index in [0.717, 1.165) is 31.5 Å². The Kier molecular flexibility index (Phi) is 5.47. The van der Waals surface area contributed by atoms with Gasteiger partial charge in [0.25, 0.3) is 0 Å². The minimum atomic E-state index is -0.649. The maximum Gasteiger partial charge on any atom is 0.126 e. The number of aliphatic hydroxyl groups is 2. The van der Waals surface area contributed by atoms with Crippen LogP contribution >= 0.6 is 23.2 Å². The van der Waals surface area contributed by atoms with Crippen LogP contribution in [0.4, 0.5) is 0 Å². The molecule has 1 saturated heterocycles. The van der Waals surface area contributed by atoms with Crippen LogP contribution in [0.3, 0.4) is 0 Å². The zero-order valence-electron chi connectivity index (χ0n) is 15.3. The summed E-state index contributed by atoms with van der Waals surface area (Å²) >= 11 is 12.0. The summed E-state index contributed by atoms with van der Waals surface area (Å²) in [5.74, 6) is 0.768. The van der Waals surface area contributed by atoms with Gasteiger partial charge in [-0.05, 0) is 48.7 Å². The fourth-order valence-electron chi connectivity index (χ4n) is 4.15. The van der Waals surface area contributed by atoms with E-state index in [9.17, 15) is 15.3 Å².